The van der Waals surface area contributed by atoms with Crippen LogP contribution >= 0.6 is 11.8 Å². The fourth-order valence-corrected chi connectivity index (χ4v) is 3.45. The van der Waals surface area contributed by atoms with E-state index in [9.17, 15) is 9.90 Å². The number of phenolic OH excluding ortho intramolecular Hbond substituents is 1. The lowest BCUT2D eigenvalue weighted by Gasteiger charge is -2.30. The van der Waals surface area contributed by atoms with Crippen molar-refractivity contribution in [3.05, 3.63) is 24.3 Å². The zero-order chi connectivity index (χ0) is 16.2. The highest BCUT2D eigenvalue weighted by atomic mass is 32.2. The molecule has 23 heavy (non-hydrogen) atoms. The molecule has 8 heteroatoms. The van der Waals surface area contributed by atoms with Gasteiger partial charge in [0.25, 0.3) is 0 Å². The maximum Gasteiger partial charge on any atom is 0.233 e. The van der Waals surface area contributed by atoms with Gasteiger partial charge in [-0.1, -0.05) is 18.7 Å². The van der Waals surface area contributed by atoms with Crippen molar-refractivity contribution in [3.8, 4) is 11.4 Å². The second-order valence-electron chi connectivity index (χ2n) is 5.77. The fourth-order valence-electron chi connectivity index (χ4n) is 2.66. The van der Waals surface area contributed by atoms with E-state index in [0.717, 1.165) is 25.2 Å². The predicted molar refractivity (Wildman–Crippen MR) is 86.5 cm³/mol. The monoisotopic (exact) mass is 333 g/mol. The Balaban J connectivity index is 1.64. The summed E-state index contributed by atoms with van der Waals surface area (Å²) >= 11 is 1.33. The van der Waals surface area contributed by atoms with Gasteiger partial charge in [-0.05, 0) is 53.5 Å². The number of carbonyl (C=O) groups is 1. The number of rotatable bonds is 4. The second-order valence-corrected chi connectivity index (χ2v) is 6.71. The summed E-state index contributed by atoms with van der Waals surface area (Å²) in [5, 5.41) is 21.5. The molecule has 122 valence electrons. The van der Waals surface area contributed by atoms with Crippen molar-refractivity contribution in [2.75, 3.05) is 18.8 Å². The van der Waals surface area contributed by atoms with Crippen LogP contribution in [0.15, 0.2) is 29.4 Å². The minimum Gasteiger partial charge on any atom is -0.508 e. The molecule has 1 fully saturated rings. The normalized spacial score (nSPS) is 18.1. The van der Waals surface area contributed by atoms with Gasteiger partial charge in [0.2, 0.25) is 11.1 Å². The minimum atomic E-state index is 0.127. The lowest BCUT2D eigenvalue weighted by atomic mass is 10.0. The molecule has 0 spiro atoms. The Hall–Kier alpha value is -2.09. The molecule has 1 atom stereocenters. The zero-order valence-corrected chi connectivity index (χ0v) is 13.7. The highest BCUT2D eigenvalue weighted by Gasteiger charge is 2.21. The molecule has 1 amide bonds. The quantitative estimate of drug-likeness (QED) is 0.858. The molecule has 0 saturated carbocycles. The van der Waals surface area contributed by atoms with Crippen LogP contribution in [0.5, 0.6) is 5.75 Å². The van der Waals surface area contributed by atoms with Crippen LogP contribution in [0.3, 0.4) is 0 Å². The van der Waals surface area contributed by atoms with Crippen LogP contribution in [-0.2, 0) is 4.79 Å². The molecule has 0 unspecified atom stereocenters. The van der Waals surface area contributed by atoms with Crippen LogP contribution in [0.1, 0.15) is 19.8 Å². The summed E-state index contributed by atoms with van der Waals surface area (Å²) in [4.78, 5) is 14.3. The van der Waals surface area contributed by atoms with Crippen molar-refractivity contribution < 1.29 is 9.90 Å². The molecule has 2 aromatic rings. The molecule has 0 aliphatic carbocycles. The second kappa shape index (κ2) is 6.99. The number of nitrogens with zero attached hydrogens (tertiary/aromatic N) is 5. The number of carbonyl (C=O) groups excluding carboxylic acids is 1. The molecule has 0 radical (unpaired) electrons. The summed E-state index contributed by atoms with van der Waals surface area (Å²) < 4.78 is 1.57. The van der Waals surface area contributed by atoms with Gasteiger partial charge >= 0.3 is 0 Å². The lowest BCUT2D eigenvalue weighted by molar-refractivity contribution is -0.130. The highest BCUT2D eigenvalue weighted by Crippen LogP contribution is 2.22. The molecule has 1 saturated heterocycles. The number of aromatic hydroxyl groups is 1. The molecular formula is C15H19N5O2S. The third kappa shape index (κ3) is 3.82. The Morgan fingerprint density at radius 1 is 1.39 bits per heavy atom. The van der Waals surface area contributed by atoms with Crippen molar-refractivity contribution in [3.63, 3.8) is 0 Å². The first-order chi connectivity index (χ1) is 11.1. The number of hydrogen-bond acceptors (Lipinski definition) is 6. The van der Waals surface area contributed by atoms with Crippen molar-refractivity contribution in [2.45, 2.75) is 24.9 Å². The zero-order valence-electron chi connectivity index (χ0n) is 12.9. The predicted octanol–water partition coefficient (Wildman–Crippen LogP) is 1.72. The van der Waals surface area contributed by atoms with E-state index in [4.69, 9.17) is 0 Å². The van der Waals surface area contributed by atoms with E-state index < -0.39 is 0 Å². The summed E-state index contributed by atoms with van der Waals surface area (Å²) in [6, 6.07) is 6.60. The molecule has 1 aromatic carbocycles. The summed E-state index contributed by atoms with van der Waals surface area (Å²) in [5.74, 6) is 1.21. The van der Waals surface area contributed by atoms with E-state index in [-0.39, 0.29) is 11.7 Å². The van der Waals surface area contributed by atoms with Gasteiger partial charge in [0, 0.05) is 13.1 Å². The van der Waals surface area contributed by atoms with Crippen molar-refractivity contribution in [1.82, 2.24) is 25.1 Å². The standard InChI is InChI=1S/C15H19N5O2S/c1-11-3-2-8-19(9-11)14(22)10-23-15-16-17-18-20(15)12-4-6-13(21)7-5-12/h4-7,11,21H,2-3,8-10H2,1H3/t11-/m1/s1. The van der Waals surface area contributed by atoms with E-state index in [2.05, 4.69) is 22.4 Å². The number of tetrazole rings is 1. The molecule has 1 aliphatic rings. The Morgan fingerprint density at radius 2 is 2.17 bits per heavy atom. The summed E-state index contributed by atoms with van der Waals surface area (Å²) in [5.41, 5.74) is 0.745. The van der Waals surface area contributed by atoms with Gasteiger partial charge in [0.1, 0.15) is 5.75 Å². The van der Waals surface area contributed by atoms with Crippen molar-refractivity contribution in [1.29, 1.82) is 0 Å². The van der Waals surface area contributed by atoms with E-state index >= 15 is 0 Å². The van der Waals surface area contributed by atoms with Gasteiger partial charge in [-0.25, -0.2) is 0 Å². The minimum absolute atomic E-state index is 0.127. The Labute approximate surface area is 138 Å². The summed E-state index contributed by atoms with van der Waals surface area (Å²) in [6.45, 7) is 3.85. The third-order valence-electron chi connectivity index (χ3n) is 3.87. The summed E-state index contributed by atoms with van der Waals surface area (Å²) in [7, 11) is 0. The number of benzene rings is 1. The SMILES string of the molecule is C[C@@H]1CCCN(C(=O)CSc2nnnn2-c2ccc(O)cc2)C1. The van der Waals surface area contributed by atoms with E-state index in [1.54, 1.807) is 28.9 Å². The Bertz CT molecular complexity index is 673. The van der Waals surface area contributed by atoms with Crippen LogP contribution in [0, 0.1) is 5.92 Å². The average Bonchev–Trinajstić information content (AvgIpc) is 3.02. The highest BCUT2D eigenvalue weighted by molar-refractivity contribution is 7.99. The van der Waals surface area contributed by atoms with Crippen LogP contribution < -0.4 is 0 Å². The Morgan fingerprint density at radius 3 is 2.91 bits per heavy atom. The van der Waals surface area contributed by atoms with E-state index in [1.807, 2.05) is 4.90 Å². The number of phenols is 1. The van der Waals surface area contributed by atoms with Crippen LogP contribution in [-0.4, -0.2) is 55.0 Å². The molecular weight excluding hydrogens is 314 g/mol. The molecule has 2 heterocycles. The van der Waals surface area contributed by atoms with E-state index in [0.29, 0.717) is 16.8 Å². The topological polar surface area (TPSA) is 84.1 Å². The summed E-state index contributed by atoms with van der Waals surface area (Å²) in [6.07, 6.45) is 2.26. The van der Waals surface area contributed by atoms with Crippen LogP contribution in [0.25, 0.3) is 5.69 Å². The first kappa shape index (κ1) is 15.8. The number of hydrogen-bond donors (Lipinski definition) is 1. The third-order valence-corrected chi connectivity index (χ3v) is 4.77. The molecule has 1 aromatic heterocycles. The van der Waals surface area contributed by atoms with Gasteiger partial charge in [0.15, 0.2) is 0 Å². The average molecular weight is 333 g/mol. The number of likely N-dealkylation sites (tertiary alicyclic amines) is 1. The first-order valence-electron chi connectivity index (χ1n) is 7.62. The van der Waals surface area contributed by atoms with Crippen LogP contribution in [0.4, 0.5) is 0 Å². The van der Waals surface area contributed by atoms with E-state index in [1.165, 1.54) is 18.2 Å². The fraction of sp³-hybridized carbons (Fsp3) is 0.467. The van der Waals surface area contributed by atoms with Crippen LogP contribution in [0.2, 0.25) is 0 Å². The number of piperidine rings is 1. The number of thioether (sulfide) groups is 1. The Kier molecular flexibility index (Phi) is 4.80. The van der Waals surface area contributed by atoms with Gasteiger partial charge in [0.05, 0.1) is 11.4 Å². The molecule has 0 bridgehead atoms. The van der Waals surface area contributed by atoms with Crippen molar-refractivity contribution >= 4 is 17.7 Å². The van der Waals surface area contributed by atoms with Gasteiger partial charge < -0.3 is 10.0 Å². The molecule has 3 rings (SSSR count). The maximum absolute atomic E-state index is 12.3. The number of aromatic nitrogens is 4. The number of amides is 1. The van der Waals surface area contributed by atoms with Gasteiger partial charge in [-0.3, -0.25) is 4.79 Å². The molecule has 1 N–H and O–H groups in total. The maximum atomic E-state index is 12.3. The lowest BCUT2D eigenvalue weighted by Crippen LogP contribution is -2.40. The first-order valence-corrected chi connectivity index (χ1v) is 8.60. The largest absolute Gasteiger partial charge is 0.508 e. The molecule has 7 nitrogen and oxygen atoms in total. The smallest absolute Gasteiger partial charge is 0.233 e. The van der Waals surface area contributed by atoms with Crippen molar-refractivity contribution in [2.24, 2.45) is 5.92 Å². The van der Waals surface area contributed by atoms with Gasteiger partial charge in [-0.2, -0.15) is 4.68 Å². The van der Waals surface area contributed by atoms with Gasteiger partial charge in [-0.15, -0.1) is 5.10 Å². The molecule has 1 aliphatic heterocycles.